The number of hydrogen-bond acceptors (Lipinski definition) is 11. The van der Waals surface area contributed by atoms with Gasteiger partial charge < -0.3 is 30.9 Å². The lowest BCUT2D eigenvalue weighted by atomic mass is 9.88. The van der Waals surface area contributed by atoms with E-state index in [1.54, 1.807) is 48.8 Å². The first-order valence-electron chi connectivity index (χ1n) is 21.7. The molecule has 10 rings (SSSR count). The zero-order valence-corrected chi connectivity index (χ0v) is 36.1. The van der Waals surface area contributed by atoms with Crippen LogP contribution in [0, 0.1) is 34.1 Å². The van der Waals surface area contributed by atoms with Gasteiger partial charge in [0.1, 0.15) is 40.2 Å². The number of carbonyl (C=O) groups excluding carboxylic acids is 3. The van der Waals surface area contributed by atoms with Crippen molar-refractivity contribution in [1.29, 1.82) is 0 Å². The van der Waals surface area contributed by atoms with Crippen molar-refractivity contribution in [1.82, 2.24) is 9.97 Å². The number of nitrogen functional groups attached to an aromatic ring is 1. The van der Waals surface area contributed by atoms with Gasteiger partial charge in [0, 0.05) is 67.6 Å². The number of carboxylic acid groups (broad SMARTS) is 1. The van der Waals surface area contributed by atoms with Gasteiger partial charge >= 0.3 is 5.97 Å². The summed E-state index contributed by atoms with van der Waals surface area (Å²) in [7, 11) is 0. The van der Waals surface area contributed by atoms with Gasteiger partial charge in [-0.2, -0.15) is 0 Å². The quantitative estimate of drug-likeness (QED) is 0.0463. The molecule has 0 unspecified atom stereocenters. The minimum atomic E-state index is -1.16. The van der Waals surface area contributed by atoms with Crippen molar-refractivity contribution in [2.75, 3.05) is 29.5 Å². The van der Waals surface area contributed by atoms with Crippen LogP contribution >= 0.6 is 0 Å². The molecule has 2 aliphatic heterocycles. The third-order valence-electron chi connectivity index (χ3n) is 12.2. The second-order valence-corrected chi connectivity index (χ2v) is 16.8. The Bertz CT molecular complexity index is 2850. The summed E-state index contributed by atoms with van der Waals surface area (Å²) in [5.74, 6) is -0.497. The summed E-state index contributed by atoms with van der Waals surface area (Å²) < 4.78 is 65.5. The number of fused-ring (bicyclic) bond motifs is 2. The molecule has 4 aromatic carbocycles. The fourth-order valence-electron chi connectivity index (χ4n) is 7.96. The molecule has 12 nitrogen and oxygen atoms in total. The molecule has 16 heteroatoms. The topological polar surface area (TPSA) is 183 Å². The van der Waals surface area contributed by atoms with Crippen LogP contribution in [-0.2, 0) is 51.3 Å². The fourth-order valence-corrected chi connectivity index (χ4v) is 7.96. The van der Waals surface area contributed by atoms with Crippen LogP contribution in [-0.4, -0.2) is 51.5 Å². The van der Waals surface area contributed by atoms with Crippen molar-refractivity contribution in [3.05, 3.63) is 161 Å². The number of rotatable bonds is 14. The molecule has 0 saturated heterocycles. The van der Waals surface area contributed by atoms with Crippen LogP contribution in [0.15, 0.2) is 109 Å². The van der Waals surface area contributed by atoms with Gasteiger partial charge in [-0.1, -0.05) is 30.3 Å². The Morgan fingerprint density at radius 3 is 1.40 bits per heavy atom. The lowest BCUT2D eigenvalue weighted by Gasteiger charge is -2.14. The zero-order chi connectivity index (χ0) is 47.3. The van der Waals surface area contributed by atoms with Gasteiger partial charge in [0.2, 0.25) is 0 Å². The average Bonchev–Trinajstić information content (AvgIpc) is 4.20. The summed E-state index contributed by atoms with van der Waals surface area (Å²) >= 11 is 0. The van der Waals surface area contributed by atoms with Gasteiger partial charge in [0.15, 0.2) is 40.5 Å². The lowest BCUT2D eigenvalue weighted by Crippen LogP contribution is -2.28. The number of anilines is 3. The SMILES string of the molecule is Nc1ccc(Oc2ccnc3c2CCN3)c(F)c1.O=C(Cc1ccc(F)cc1)C1(C(=O)Cc2ccc(Oc3ccnc4c3CCN4)c(F)c2)CC1.O=C(O)C1(C(=O)Cc2ccc(F)cc2)CC1. The molecule has 0 bridgehead atoms. The van der Waals surface area contributed by atoms with Crippen LogP contribution in [0.25, 0.3) is 0 Å². The molecule has 0 radical (unpaired) electrons. The number of Topliss-reactive ketones (excluding diaryl/α,β-unsaturated/α-hetero) is 3. The number of ketones is 3. The number of pyridine rings is 2. The number of aromatic nitrogens is 2. The normalized spacial score (nSPS) is 15.1. The van der Waals surface area contributed by atoms with Crippen LogP contribution in [0.3, 0.4) is 0 Å². The Balaban J connectivity index is 0.000000150. The van der Waals surface area contributed by atoms with Crippen molar-refractivity contribution in [3.63, 3.8) is 0 Å². The van der Waals surface area contributed by atoms with Crippen LogP contribution in [0.4, 0.5) is 34.9 Å². The summed E-state index contributed by atoms with van der Waals surface area (Å²) in [6.07, 6.45) is 6.77. The minimum Gasteiger partial charge on any atom is -0.480 e. The molecule has 0 spiro atoms. The summed E-state index contributed by atoms with van der Waals surface area (Å²) in [5, 5.41) is 15.2. The van der Waals surface area contributed by atoms with E-state index in [1.807, 2.05) is 0 Å². The van der Waals surface area contributed by atoms with Crippen molar-refractivity contribution < 1.29 is 51.3 Å². The second-order valence-electron chi connectivity index (χ2n) is 16.8. The predicted octanol–water partition coefficient (Wildman–Crippen LogP) is 9.19. The molecule has 0 atom stereocenters. The first kappa shape index (κ1) is 45.9. The molecule has 67 heavy (non-hydrogen) atoms. The van der Waals surface area contributed by atoms with Crippen molar-refractivity contribution in [2.45, 2.75) is 57.8 Å². The molecule has 4 heterocycles. The summed E-state index contributed by atoms with van der Waals surface area (Å²) in [4.78, 5) is 56.8. The van der Waals surface area contributed by atoms with Gasteiger partial charge in [-0.15, -0.1) is 0 Å². The maximum absolute atomic E-state index is 14.8. The molecule has 6 aromatic rings. The highest BCUT2D eigenvalue weighted by Crippen LogP contribution is 2.49. The average molecular weight is 916 g/mol. The summed E-state index contributed by atoms with van der Waals surface area (Å²) in [6, 6.07) is 23.5. The molecule has 0 amide bonds. The highest BCUT2D eigenvalue weighted by atomic mass is 19.1. The number of benzene rings is 4. The first-order valence-corrected chi connectivity index (χ1v) is 21.7. The Hall–Kier alpha value is -7.62. The largest absolute Gasteiger partial charge is 0.480 e. The number of hydrogen-bond donors (Lipinski definition) is 4. The number of halogens is 4. The third-order valence-corrected chi connectivity index (χ3v) is 12.2. The van der Waals surface area contributed by atoms with E-state index in [-0.39, 0.29) is 59.7 Å². The highest BCUT2D eigenvalue weighted by Gasteiger charge is 2.56. The minimum absolute atomic E-state index is 0.0269. The molecule has 2 aromatic heterocycles. The predicted molar refractivity (Wildman–Crippen MR) is 240 cm³/mol. The van der Waals surface area contributed by atoms with E-state index in [0.717, 1.165) is 48.7 Å². The smallest absolute Gasteiger partial charge is 0.317 e. The number of aliphatic carboxylic acids is 1. The number of nitrogens with one attached hydrogen (secondary N) is 2. The van der Waals surface area contributed by atoms with Gasteiger partial charge in [-0.05, 0) is 116 Å². The second kappa shape index (κ2) is 19.5. The van der Waals surface area contributed by atoms with Crippen molar-refractivity contribution in [3.8, 4) is 23.0 Å². The van der Waals surface area contributed by atoms with E-state index < -0.39 is 28.4 Å². The van der Waals surface area contributed by atoms with E-state index in [4.69, 9.17) is 20.3 Å². The van der Waals surface area contributed by atoms with Crippen molar-refractivity contribution in [2.24, 2.45) is 10.8 Å². The number of carbonyl (C=O) groups is 4. The van der Waals surface area contributed by atoms with Crippen LogP contribution in [0.1, 0.15) is 53.5 Å². The van der Waals surface area contributed by atoms with Gasteiger partial charge in [-0.25, -0.2) is 27.5 Å². The maximum Gasteiger partial charge on any atom is 0.317 e. The van der Waals surface area contributed by atoms with E-state index in [1.165, 1.54) is 60.7 Å². The van der Waals surface area contributed by atoms with E-state index in [9.17, 15) is 36.7 Å². The number of nitrogens with zero attached hydrogens (tertiary/aromatic N) is 2. The lowest BCUT2D eigenvalue weighted by molar-refractivity contribution is -0.148. The van der Waals surface area contributed by atoms with E-state index >= 15 is 0 Å². The number of carboxylic acids is 1. The molecule has 5 N–H and O–H groups in total. The molecular formula is C51H45F4N5O7. The van der Waals surface area contributed by atoms with E-state index in [0.29, 0.717) is 59.6 Å². The Morgan fingerprint density at radius 1 is 0.552 bits per heavy atom. The third kappa shape index (κ3) is 10.6. The molecule has 2 fully saturated rings. The fraction of sp³-hybridized carbons (Fsp3) is 0.255. The molecule has 2 aliphatic carbocycles. The summed E-state index contributed by atoms with van der Waals surface area (Å²) in [6.45, 7) is 1.58. The zero-order valence-electron chi connectivity index (χ0n) is 36.1. The van der Waals surface area contributed by atoms with Gasteiger partial charge in [0.05, 0.1) is 5.41 Å². The van der Waals surface area contributed by atoms with Crippen LogP contribution < -0.4 is 25.8 Å². The Morgan fingerprint density at radius 2 is 0.970 bits per heavy atom. The molecule has 344 valence electrons. The van der Waals surface area contributed by atoms with E-state index in [2.05, 4.69) is 20.6 Å². The monoisotopic (exact) mass is 915 g/mol. The van der Waals surface area contributed by atoms with Crippen LogP contribution in [0.5, 0.6) is 23.0 Å². The Labute approximate surface area is 382 Å². The van der Waals surface area contributed by atoms with Gasteiger partial charge in [0.25, 0.3) is 0 Å². The van der Waals surface area contributed by atoms with Crippen molar-refractivity contribution >= 4 is 40.6 Å². The highest BCUT2D eigenvalue weighted by molar-refractivity contribution is 6.11. The summed E-state index contributed by atoms with van der Waals surface area (Å²) in [5.41, 5.74) is 7.41. The number of ether oxygens (including phenoxy) is 2. The molecule has 2 saturated carbocycles. The standard InChI is InChI=1S/C26H22F2N2O3.C13H12FN3O.C12H11FO3/c27-18-4-1-16(2-5-18)14-23(31)26(9-10-26)24(32)15-17-3-6-22(20(28)13-17)33-21-8-12-30-25-19(21)7-11-29-25;14-10-7-8(15)1-2-12(10)18-11-4-6-17-13-9(11)3-5-16-13;13-9-3-1-8(2-4-9)7-10(14)12(5-6-12)11(15)16/h1-6,8,12-13H,7,9-11,14-15H2,(H,29,30);1-2,4,6-7H,3,5,15H2,(H,16,17);1-4H,5-7H2,(H,15,16). The number of nitrogens with two attached hydrogens (primary N) is 1. The molecule has 4 aliphatic rings. The van der Waals surface area contributed by atoms with Gasteiger partial charge in [-0.3, -0.25) is 19.2 Å². The Kier molecular flexibility index (Phi) is 13.3. The first-order chi connectivity index (χ1) is 32.2. The maximum atomic E-state index is 14.8. The molecular weight excluding hydrogens is 871 g/mol. The van der Waals surface area contributed by atoms with Crippen LogP contribution in [0.2, 0.25) is 0 Å².